The van der Waals surface area contributed by atoms with E-state index >= 15 is 0 Å². The van der Waals surface area contributed by atoms with Gasteiger partial charge in [0.1, 0.15) is 5.82 Å². The second-order valence-corrected chi connectivity index (χ2v) is 6.05. The lowest BCUT2D eigenvalue weighted by Gasteiger charge is -2.45. The average molecular weight is 278 g/mol. The highest BCUT2D eigenvalue weighted by Gasteiger charge is 2.35. The van der Waals surface area contributed by atoms with E-state index in [4.69, 9.17) is 4.74 Å². The number of benzene rings is 1. The van der Waals surface area contributed by atoms with Crippen LogP contribution in [0.2, 0.25) is 0 Å². The van der Waals surface area contributed by atoms with Gasteiger partial charge in [0.25, 0.3) is 0 Å². The van der Waals surface area contributed by atoms with Crippen molar-refractivity contribution < 1.29 is 9.13 Å². The molecule has 110 valence electrons. The van der Waals surface area contributed by atoms with Crippen LogP contribution in [0, 0.1) is 12.7 Å². The molecule has 0 aliphatic carbocycles. The Kier molecular flexibility index (Phi) is 4.06. The first-order valence-electron chi connectivity index (χ1n) is 7.43. The van der Waals surface area contributed by atoms with Crippen LogP contribution >= 0.6 is 0 Å². The normalized spacial score (nSPS) is 28.4. The van der Waals surface area contributed by atoms with Gasteiger partial charge in [0.15, 0.2) is 0 Å². The molecule has 2 aliphatic heterocycles. The van der Waals surface area contributed by atoms with Gasteiger partial charge in [-0.15, -0.1) is 0 Å². The molecule has 2 heterocycles. The predicted octanol–water partition coefficient (Wildman–Crippen LogP) is 2.04. The molecule has 4 heteroatoms. The van der Waals surface area contributed by atoms with E-state index in [0.717, 1.165) is 44.8 Å². The third-order valence-corrected chi connectivity index (χ3v) is 4.65. The van der Waals surface area contributed by atoms with E-state index in [1.54, 1.807) is 6.07 Å². The minimum absolute atomic E-state index is 0.140. The standard InChI is InChI=1S/C16H23FN2O/c1-12-3-4-14(17)9-13(12)10-19-6-5-16-15(11-19)18(2)7-8-20-16/h3-4,9,15-16H,5-8,10-11H2,1-2H3/t15-,16-/m1/s1. The minimum atomic E-state index is -0.140. The van der Waals surface area contributed by atoms with Crippen LogP contribution < -0.4 is 0 Å². The smallest absolute Gasteiger partial charge is 0.123 e. The summed E-state index contributed by atoms with van der Waals surface area (Å²) in [5.41, 5.74) is 2.27. The number of fused-ring (bicyclic) bond motifs is 1. The van der Waals surface area contributed by atoms with Crippen LogP contribution in [0.5, 0.6) is 0 Å². The Bertz CT molecular complexity index is 480. The van der Waals surface area contributed by atoms with Crippen LogP contribution in [0.4, 0.5) is 4.39 Å². The molecule has 3 rings (SSSR count). The maximum absolute atomic E-state index is 13.4. The number of likely N-dealkylation sites (tertiary alicyclic amines) is 1. The largest absolute Gasteiger partial charge is 0.375 e. The van der Waals surface area contributed by atoms with E-state index in [0.29, 0.717) is 12.1 Å². The lowest BCUT2D eigenvalue weighted by atomic mass is 9.98. The highest BCUT2D eigenvalue weighted by atomic mass is 19.1. The van der Waals surface area contributed by atoms with E-state index in [2.05, 4.69) is 23.8 Å². The van der Waals surface area contributed by atoms with Crippen molar-refractivity contribution in [2.24, 2.45) is 0 Å². The molecule has 2 atom stereocenters. The molecule has 2 aliphatic rings. The molecule has 0 unspecified atom stereocenters. The van der Waals surface area contributed by atoms with Gasteiger partial charge in [-0.2, -0.15) is 0 Å². The highest BCUT2D eigenvalue weighted by molar-refractivity contribution is 5.26. The summed E-state index contributed by atoms with van der Waals surface area (Å²) in [5, 5.41) is 0. The van der Waals surface area contributed by atoms with Gasteiger partial charge in [0, 0.05) is 32.2 Å². The molecule has 2 saturated heterocycles. The highest BCUT2D eigenvalue weighted by Crippen LogP contribution is 2.24. The van der Waals surface area contributed by atoms with Crippen LogP contribution in [-0.2, 0) is 11.3 Å². The third kappa shape index (κ3) is 2.87. The van der Waals surface area contributed by atoms with E-state index in [-0.39, 0.29) is 5.82 Å². The number of ether oxygens (including phenoxy) is 1. The molecule has 0 amide bonds. The fraction of sp³-hybridized carbons (Fsp3) is 0.625. The summed E-state index contributed by atoms with van der Waals surface area (Å²) in [4.78, 5) is 4.83. The first kappa shape index (κ1) is 14.0. The Hall–Kier alpha value is -0.970. The molecule has 0 aromatic heterocycles. The molecule has 0 saturated carbocycles. The second kappa shape index (κ2) is 5.80. The fourth-order valence-corrected chi connectivity index (χ4v) is 3.30. The van der Waals surface area contributed by atoms with Gasteiger partial charge in [-0.25, -0.2) is 4.39 Å². The monoisotopic (exact) mass is 278 g/mol. The molecular formula is C16H23FN2O. The van der Waals surface area contributed by atoms with Crippen LogP contribution in [0.15, 0.2) is 18.2 Å². The Morgan fingerprint density at radius 2 is 2.20 bits per heavy atom. The molecule has 3 nitrogen and oxygen atoms in total. The molecule has 2 fully saturated rings. The van der Waals surface area contributed by atoms with Gasteiger partial charge in [-0.05, 0) is 43.7 Å². The summed E-state index contributed by atoms with van der Waals surface area (Å²) in [6.45, 7) is 6.79. The maximum Gasteiger partial charge on any atom is 0.123 e. The zero-order chi connectivity index (χ0) is 14.1. The van der Waals surface area contributed by atoms with Crippen molar-refractivity contribution in [1.82, 2.24) is 9.80 Å². The summed E-state index contributed by atoms with van der Waals surface area (Å²) < 4.78 is 19.3. The Labute approximate surface area is 120 Å². The number of piperidine rings is 1. The first-order chi connectivity index (χ1) is 9.63. The van der Waals surface area contributed by atoms with Gasteiger partial charge in [0.2, 0.25) is 0 Å². The summed E-state index contributed by atoms with van der Waals surface area (Å²) in [5.74, 6) is -0.140. The lowest BCUT2D eigenvalue weighted by Crippen LogP contribution is -2.58. The molecule has 0 N–H and O–H groups in total. The van der Waals surface area contributed by atoms with Gasteiger partial charge in [-0.1, -0.05) is 6.07 Å². The Morgan fingerprint density at radius 1 is 1.35 bits per heavy atom. The SMILES string of the molecule is Cc1ccc(F)cc1CN1CC[C@H]2OCCN(C)[C@@H]2C1. The number of nitrogens with zero attached hydrogens (tertiary/aromatic N) is 2. The van der Waals surface area contributed by atoms with Crippen molar-refractivity contribution in [3.63, 3.8) is 0 Å². The van der Waals surface area contributed by atoms with E-state index in [1.165, 1.54) is 11.6 Å². The summed E-state index contributed by atoms with van der Waals surface area (Å²) in [6.07, 6.45) is 1.45. The molecule has 0 spiro atoms. The quantitative estimate of drug-likeness (QED) is 0.823. The number of hydrogen-bond donors (Lipinski definition) is 0. The minimum Gasteiger partial charge on any atom is -0.375 e. The lowest BCUT2D eigenvalue weighted by molar-refractivity contribution is -0.0957. The van der Waals surface area contributed by atoms with Crippen molar-refractivity contribution in [2.45, 2.75) is 32.0 Å². The van der Waals surface area contributed by atoms with Crippen molar-refractivity contribution in [2.75, 3.05) is 33.3 Å². The van der Waals surface area contributed by atoms with Gasteiger partial charge in [-0.3, -0.25) is 9.80 Å². The van der Waals surface area contributed by atoms with Gasteiger partial charge < -0.3 is 4.74 Å². The molecular weight excluding hydrogens is 255 g/mol. The number of likely N-dealkylation sites (N-methyl/N-ethyl adjacent to an activating group) is 1. The number of halogens is 1. The van der Waals surface area contributed by atoms with Crippen molar-refractivity contribution in [3.8, 4) is 0 Å². The molecule has 0 radical (unpaired) electrons. The van der Waals surface area contributed by atoms with Crippen molar-refractivity contribution in [3.05, 3.63) is 35.1 Å². The summed E-state index contributed by atoms with van der Waals surface area (Å²) in [6, 6.07) is 5.55. The molecule has 0 bridgehead atoms. The van der Waals surface area contributed by atoms with Gasteiger partial charge in [0.05, 0.1) is 12.7 Å². The van der Waals surface area contributed by atoms with Crippen LogP contribution in [0.1, 0.15) is 17.5 Å². The Morgan fingerprint density at radius 3 is 3.05 bits per heavy atom. The van der Waals surface area contributed by atoms with Crippen molar-refractivity contribution in [1.29, 1.82) is 0 Å². The first-order valence-corrected chi connectivity index (χ1v) is 7.43. The number of aryl methyl sites for hydroxylation is 1. The molecule has 20 heavy (non-hydrogen) atoms. The van der Waals surface area contributed by atoms with E-state index in [9.17, 15) is 4.39 Å². The number of rotatable bonds is 2. The van der Waals surface area contributed by atoms with Crippen LogP contribution in [0.25, 0.3) is 0 Å². The summed E-state index contributed by atoms with van der Waals surface area (Å²) in [7, 11) is 2.18. The van der Waals surface area contributed by atoms with Crippen molar-refractivity contribution >= 4 is 0 Å². The number of hydrogen-bond acceptors (Lipinski definition) is 3. The third-order valence-electron chi connectivity index (χ3n) is 4.65. The Balaban J connectivity index is 1.68. The molecule has 1 aromatic carbocycles. The van der Waals surface area contributed by atoms with E-state index in [1.807, 2.05) is 6.07 Å². The molecule has 1 aromatic rings. The number of morpholine rings is 1. The van der Waals surface area contributed by atoms with Crippen LogP contribution in [-0.4, -0.2) is 55.2 Å². The zero-order valence-electron chi connectivity index (χ0n) is 12.3. The van der Waals surface area contributed by atoms with E-state index < -0.39 is 0 Å². The topological polar surface area (TPSA) is 15.7 Å². The second-order valence-electron chi connectivity index (χ2n) is 6.05. The average Bonchev–Trinajstić information content (AvgIpc) is 2.44. The van der Waals surface area contributed by atoms with Gasteiger partial charge >= 0.3 is 0 Å². The zero-order valence-corrected chi connectivity index (χ0v) is 12.3. The summed E-state index contributed by atoms with van der Waals surface area (Å²) >= 11 is 0. The van der Waals surface area contributed by atoms with Crippen LogP contribution in [0.3, 0.4) is 0 Å². The maximum atomic E-state index is 13.4. The fourth-order valence-electron chi connectivity index (χ4n) is 3.30. The predicted molar refractivity (Wildman–Crippen MR) is 77.2 cm³/mol.